The lowest BCUT2D eigenvalue weighted by Gasteiger charge is -2.35. The zero-order valence-electron chi connectivity index (χ0n) is 36.6. The predicted octanol–water partition coefficient (Wildman–Crippen LogP) is 10.0. The molecule has 15 heteroatoms. The summed E-state index contributed by atoms with van der Waals surface area (Å²) in [6, 6.07) is 23.2. The number of anilines is 2. The minimum atomic E-state index is -1.31. The molecule has 0 bridgehead atoms. The van der Waals surface area contributed by atoms with Crippen molar-refractivity contribution in [2.45, 2.75) is 108 Å². The van der Waals surface area contributed by atoms with Crippen molar-refractivity contribution in [2.24, 2.45) is 0 Å². The van der Waals surface area contributed by atoms with Crippen molar-refractivity contribution in [3.8, 4) is 11.5 Å². The number of carbonyl (C=O) groups is 1. The van der Waals surface area contributed by atoms with Crippen LogP contribution in [0.5, 0.6) is 0 Å². The fraction of sp³-hybridized carbons (Fsp3) is 0.500. The normalized spacial score (nSPS) is 14.3. The van der Waals surface area contributed by atoms with Crippen LogP contribution >= 0.6 is 11.8 Å². The molecule has 1 aliphatic heterocycles. The third kappa shape index (κ3) is 13.8. The molecule has 318 valence electrons. The number of fused-ring (bicyclic) bond motifs is 1. The minimum absolute atomic E-state index is 0.246. The molecule has 0 aliphatic carbocycles. The van der Waals surface area contributed by atoms with Gasteiger partial charge in [-0.15, -0.1) is 11.8 Å². The third-order valence-corrected chi connectivity index (χ3v) is 14.4. The zero-order valence-corrected chi connectivity index (χ0v) is 39.4. The molecular weight excluding hydrogens is 793 g/mol. The summed E-state index contributed by atoms with van der Waals surface area (Å²) in [5.74, 6) is 2.32. The molecule has 12 nitrogen and oxygen atoms in total. The number of amides is 1. The number of nitrogens with zero attached hydrogens (tertiary/aromatic N) is 7. The average Bonchev–Trinajstić information content (AvgIpc) is 3.74. The molecule has 1 N–H and O–H groups in total. The van der Waals surface area contributed by atoms with Crippen molar-refractivity contribution in [1.29, 1.82) is 0 Å². The summed E-state index contributed by atoms with van der Waals surface area (Å²) in [6.07, 6.45) is 3.66. The molecule has 2 aromatic carbocycles. The Hall–Kier alpha value is -4.00. The maximum atomic E-state index is 12.7. The molecule has 0 atom stereocenters. The number of thioether (sulfide) groups is 1. The Morgan fingerprint density at radius 3 is 2.19 bits per heavy atom. The van der Waals surface area contributed by atoms with Gasteiger partial charge in [0.15, 0.2) is 11.5 Å². The maximum Gasteiger partial charge on any atom is 0.410 e. The van der Waals surface area contributed by atoms with Crippen molar-refractivity contribution in [3.05, 3.63) is 84.2 Å². The van der Waals surface area contributed by atoms with Gasteiger partial charge in [0.1, 0.15) is 24.9 Å². The number of ether oxygens (including phenoxy) is 3. The van der Waals surface area contributed by atoms with E-state index in [2.05, 4.69) is 103 Å². The standard InChI is InChI=1S/C44H64N8O4SSi2/c1-44(2,3)56-43(53)50-21-19-49(20-22-50)29-35-15-17-37-39(27-35)52(33-55-24-26-59(7,8)9)42(47-37)41-38(30-51(48-41)32-54-23-25-58(4,5)6)46-40-18-16-36(28-45-40)57-31-34-13-11-10-12-14-34/h10-18,27-28,30H,19-26,29,31-33H2,1-9H3,(H,45,46). The largest absolute Gasteiger partial charge is 0.444 e. The topological polar surface area (TPSA) is 112 Å². The van der Waals surface area contributed by atoms with E-state index in [1.165, 1.54) is 11.1 Å². The Morgan fingerprint density at radius 1 is 0.847 bits per heavy atom. The number of hydrogen-bond donors (Lipinski definition) is 1. The maximum absolute atomic E-state index is 12.7. The van der Waals surface area contributed by atoms with E-state index in [9.17, 15) is 4.79 Å². The summed E-state index contributed by atoms with van der Waals surface area (Å²) < 4.78 is 22.2. The minimum Gasteiger partial charge on any atom is -0.444 e. The van der Waals surface area contributed by atoms with Gasteiger partial charge >= 0.3 is 6.09 Å². The zero-order chi connectivity index (χ0) is 42.2. The van der Waals surface area contributed by atoms with E-state index in [1.54, 1.807) is 16.7 Å². The number of rotatable bonds is 18. The lowest BCUT2D eigenvalue weighted by atomic mass is 10.1. The second-order valence-corrected chi connectivity index (χ2v) is 31.1. The first kappa shape index (κ1) is 44.6. The number of imidazole rings is 1. The van der Waals surface area contributed by atoms with Gasteiger partial charge in [0.25, 0.3) is 0 Å². The van der Waals surface area contributed by atoms with Crippen LogP contribution in [0.15, 0.2) is 78.0 Å². The SMILES string of the molecule is CC(C)(C)OC(=O)N1CCN(Cc2ccc3nc(-c4nn(COCC[Si](C)(C)C)cc4Nc4ccc(SCc5ccccc5)cn4)n(COCC[Si](C)(C)C)c3c2)CC1. The third-order valence-electron chi connectivity index (χ3n) is 9.90. The molecular formula is C44H64N8O4SSi2. The highest BCUT2D eigenvalue weighted by atomic mass is 32.2. The van der Waals surface area contributed by atoms with Crippen LogP contribution in [0.3, 0.4) is 0 Å². The van der Waals surface area contributed by atoms with Crippen LogP contribution in [-0.4, -0.2) is 101 Å². The second-order valence-electron chi connectivity index (χ2n) is 18.8. The molecule has 3 aromatic heterocycles. The first-order valence-electron chi connectivity index (χ1n) is 20.8. The molecule has 1 saturated heterocycles. The Balaban J connectivity index is 1.26. The lowest BCUT2D eigenvalue weighted by molar-refractivity contribution is 0.0139. The van der Waals surface area contributed by atoms with Crippen molar-refractivity contribution >= 4 is 56.5 Å². The molecule has 1 aliphatic rings. The molecule has 0 saturated carbocycles. The first-order valence-corrected chi connectivity index (χ1v) is 29.2. The van der Waals surface area contributed by atoms with Crippen LogP contribution in [0.4, 0.5) is 16.3 Å². The predicted molar refractivity (Wildman–Crippen MR) is 246 cm³/mol. The van der Waals surface area contributed by atoms with Gasteiger partial charge in [-0.2, -0.15) is 5.10 Å². The van der Waals surface area contributed by atoms with Gasteiger partial charge in [-0.25, -0.2) is 19.4 Å². The highest BCUT2D eigenvalue weighted by Crippen LogP contribution is 2.33. The fourth-order valence-corrected chi connectivity index (χ4v) is 8.82. The van der Waals surface area contributed by atoms with Crippen LogP contribution in [0.25, 0.3) is 22.6 Å². The van der Waals surface area contributed by atoms with E-state index in [4.69, 9.17) is 29.3 Å². The molecule has 0 spiro atoms. The molecule has 59 heavy (non-hydrogen) atoms. The van der Waals surface area contributed by atoms with Gasteiger partial charge < -0.3 is 24.4 Å². The van der Waals surface area contributed by atoms with Gasteiger partial charge in [0, 0.05) is 78.9 Å². The number of pyridine rings is 1. The van der Waals surface area contributed by atoms with Gasteiger partial charge in [-0.05, 0) is 68.3 Å². The van der Waals surface area contributed by atoms with Crippen LogP contribution < -0.4 is 5.32 Å². The van der Waals surface area contributed by atoms with E-state index in [0.717, 1.165) is 70.7 Å². The summed E-state index contributed by atoms with van der Waals surface area (Å²) >= 11 is 1.77. The van der Waals surface area contributed by atoms with Crippen molar-refractivity contribution in [2.75, 3.05) is 44.7 Å². The summed E-state index contributed by atoms with van der Waals surface area (Å²) in [4.78, 5) is 28.0. The lowest BCUT2D eigenvalue weighted by Crippen LogP contribution is -2.49. The molecule has 6 rings (SSSR count). The summed E-state index contributed by atoms with van der Waals surface area (Å²) in [5, 5.41) is 8.67. The molecule has 4 heterocycles. The Morgan fingerprint density at radius 2 is 1.54 bits per heavy atom. The fourth-order valence-electron chi connectivity index (χ4n) is 6.48. The number of carbonyl (C=O) groups excluding carboxylic acids is 1. The average molecular weight is 857 g/mol. The van der Waals surface area contributed by atoms with Crippen LogP contribution in [0.2, 0.25) is 51.4 Å². The van der Waals surface area contributed by atoms with Crippen LogP contribution in [0, 0.1) is 0 Å². The highest BCUT2D eigenvalue weighted by Gasteiger charge is 2.27. The molecule has 5 aromatic rings. The summed E-state index contributed by atoms with van der Waals surface area (Å²) in [6.45, 7) is 25.5. The molecule has 0 radical (unpaired) electrons. The smallest absolute Gasteiger partial charge is 0.410 e. The number of aromatic nitrogens is 5. The van der Waals surface area contributed by atoms with Gasteiger partial charge in [0.05, 0.1) is 22.9 Å². The Bertz CT molecular complexity index is 2120. The number of hydrogen-bond acceptors (Lipinski definition) is 10. The number of benzene rings is 2. The van der Waals surface area contributed by atoms with Gasteiger partial charge in [-0.1, -0.05) is 75.7 Å². The second kappa shape index (κ2) is 19.6. The van der Waals surface area contributed by atoms with Crippen LogP contribution in [0.1, 0.15) is 31.9 Å². The van der Waals surface area contributed by atoms with E-state index in [0.29, 0.717) is 45.5 Å². The Labute approximate surface area is 357 Å². The van der Waals surface area contributed by atoms with Crippen molar-refractivity contribution < 1.29 is 19.0 Å². The van der Waals surface area contributed by atoms with E-state index in [1.807, 2.05) is 50.0 Å². The van der Waals surface area contributed by atoms with Crippen molar-refractivity contribution in [1.82, 2.24) is 34.1 Å². The number of piperazine rings is 1. The van der Waals surface area contributed by atoms with Crippen molar-refractivity contribution in [3.63, 3.8) is 0 Å². The monoisotopic (exact) mass is 856 g/mol. The molecule has 1 fully saturated rings. The summed E-state index contributed by atoms with van der Waals surface area (Å²) in [5.41, 5.74) is 5.30. The Kier molecular flexibility index (Phi) is 14.8. The molecule has 1 amide bonds. The van der Waals surface area contributed by atoms with Gasteiger partial charge in [0.2, 0.25) is 0 Å². The summed E-state index contributed by atoms with van der Waals surface area (Å²) in [7, 11) is -2.56. The van der Waals surface area contributed by atoms with Crippen LogP contribution in [-0.2, 0) is 40.0 Å². The first-order chi connectivity index (χ1) is 28.0. The van der Waals surface area contributed by atoms with E-state index < -0.39 is 21.7 Å². The quantitative estimate of drug-likeness (QED) is 0.0520. The highest BCUT2D eigenvalue weighted by molar-refractivity contribution is 7.98. The van der Waals surface area contributed by atoms with E-state index >= 15 is 0 Å². The van der Waals surface area contributed by atoms with E-state index in [-0.39, 0.29) is 6.09 Å². The number of nitrogens with one attached hydrogen (secondary N) is 1. The van der Waals surface area contributed by atoms with Gasteiger partial charge in [-0.3, -0.25) is 9.47 Å². The molecule has 0 unspecified atom stereocenters.